The highest BCUT2D eigenvalue weighted by atomic mass is 79.9. The second kappa shape index (κ2) is 10.3. The van der Waals surface area contributed by atoms with Gasteiger partial charge in [0.2, 0.25) is 11.8 Å². The van der Waals surface area contributed by atoms with E-state index in [9.17, 15) is 9.59 Å². The molecule has 0 radical (unpaired) electrons. The van der Waals surface area contributed by atoms with Gasteiger partial charge in [0.15, 0.2) is 11.5 Å². The quantitative estimate of drug-likeness (QED) is 0.563. The number of carbonyl (C=O) groups is 2. The lowest BCUT2D eigenvalue weighted by Crippen LogP contribution is -2.54. The van der Waals surface area contributed by atoms with Crippen molar-refractivity contribution < 1.29 is 23.8 Å². The number of nitrogens with zero attached hydrogens (tertiary/aromatic N) is 1. The predicted octanol–water partition coefficient (Wildman–Crippen LogP) is 3.71. The Morgan fingerprint density at radius 1 is 1.06 bits per heavy atom. The Labute approximate surface area is 197 Å². The Kier molecular flexibility index (Phi) is 7.66. The maximum atomic E-state index is 13.2. The predicted molar refractivity (Wildman–Crippen MR) is 125 cm³/mol. The third kappa shape index (κ3) is 5.01. The minimum Gasteiger partial charge on any atom is -0.496 e. The maximum Gasteiger partial charge on any atom is 0.245 e. The minimum absolute atomic E-state index is 0.0374. The monoisotopic (exact) mass is 504 g/mol. The van der Waals surface area contributed by atoms with Crippen molar-refractivity contribution >= 4 is 27.7 Å². The van der Waals surface area contributed by atoms with Crippen LogP contribution in [0, 0.1) is 0 Å². The van der Waals surface area contributed by atoms with Gasteiger partial charge in [0.1, 0.15) is 11.3 Å². The summed E-state index contributed by atoms with van der Waals surface area (Å²) in [6.07, 6.45) is 1.45. The van der Waals surface area contributed by atoms with E-state index in [4.69, 9.17) is 14.2 Å². The van der Waals surface area contributed by atoms with Gasteiger partial charge < -0.3 is 24.4 Å². The summed E-state index contributed by atoms with van der Waals surface area (Å²) in [5.41, 5.74) is 0.954. The van der Waals surface area contributed by atoms with Crippen LogP contribution in [0.25, 0.3) is 0 Å². The number of ether oxygens (including phenoxy) is 3. The van der Waals surface area contributed by atoms with E-state index in [0.29, 0.717) is 49.6 Å². The number of benzene rings is 2. The first-order valence-electron chi connectivity index (χ1n) is 10.4. The largest absolute Gasteiger partial charge is 0.496 e. The van der Waals surface area contributed by atoms with E-state index in [-0.39, 0.29) is 11.8 Å². The van der Waals surface area contributed by atoms with Crippen LogP contribution < -0.4 is 19.5 Å². The van der Waals surface area contributed by atoms with Gasteiger partial charge in [0.25, 0.3) is 0 Å². The lowest BCUT2D eigenvalue weighted by molar-refractivity contribution is -0.141. The first kappa shape index (κ1) is 23.9. The topological polar surface area (TPSA) is 77.1 Å². The van der Waals surface area contributed by atoms with E-state index in [1.54, 1.807) is 26.2 Å². The molecule has 2 amide bonds. The van der Waals surface area contributed by atoms with Gasteiger partial charge in [-0.15, -0.1) is 0 Å². The summed E-state index contributed by atoms with van der Waals surface area (Å²) in [5, 5.41) is 3.01. The van der Waals surface area contributed by atoms with E-state index >= 15 is 0 Å². The molecule has 1 fully saturated rings. The van der Waals surface area contributed by atoms with Crippen LogP contribution in [0.1, 0.15) is 30.9 Å². The van der Waals surface area contributed by atoms with Gasteiger partial charge in [-0.1, -0.05) is 22.0 Å². The van der Waals surface area contributed by atoms with Gasteiger partial charge >= 0.3 is 0 Å². The molecule has 1 heterocycles. The molecule has 8 heteroatoms. The van der Waals surface area contributed by atoms with Crippen molar-refractivity contribution in [2.75, 3.05) is 27.9 Å². The molecule has 0 aliphatic carbocycles. The zero-order chi connectivity index (χ0) is 23.3. The molecule has 2 aromatic carbocycles. The number of rotatable bonds is 9. The van der Waals surface area contributed by atoms with E-state index in [1.807, 2.05) is 43.3 Å². The van der Waals surface area contributed by atoms with Gasteiger partial charge in [-0.25, -0.2) is 0 Å². The average molecular weight is 505 g/mol. The van der Waals surface area contributed by atoms with Gasteiger partial charge in [0, 0.05) is 23.0 Å². The Morgan fingerprint density at radius 2 is 1.75 bits per heavy atom. The fraction of sp³-hybridized carbons (Fsp3) is 0.417. The van der Waals surface area contributed by atoms with Crippen molar-refractivity contribution in [1.29, 1.82) is 0 Å². The molecule has 1 atom stereocenters. The molecule has 0 saturated carbocycles. The molecule has 0 aromatic heterocycles. The van der Waals surface area contributed by atoms with Crippen molar-refractivity contribution in [2.45, 2.75) is 38.3 Å². The Hall–Kier alpha value is -2.74. The second-order valence-electron chi connectivity index (χ2n) is 7.91. The molecule has 1 N–H and O–H groups in total. The number of hydrogen-bond acceptors (Lipinski definition) is 5. The Bertz CT molecular complexity index is 996. The van der Waals surface area contributed by atoms with Crippen LogP contribution in [-0.4, -0.2) is 50.1 Å². The zero-order valence-electron chi connectivity index (χ0n) is 18.9. The van der Waals surface area contributed by atoms with Crippen molar-refractivity contribution in [3.63, 3.8) is 0 Å². The first-order valence-corrected chi connectivity index (χ1v) is 11.2. The highest BCUT2D eigenvalue weighted by molar-refractivity contribution is 9.10. The SMILES string of the molecule is COc1ccc(Br)cc1CN1C(=O)CC[C@]1(C)C(=O)NCCc1ccc(OC)c(OC)c1. The van der Waals surface area contributed by atoms with Gasteiger partial charge in [-0.3, -0.25) is 9.59 Å². The van der Waals surface area contributed by atoms with E-state index < -0.39 is 5.54 Å². The number of amides is 2. The van der Waals surface area contributed by atoms with Gasteiger partial charge in [-0.2, -0.15) is 0 Å². The molecule has 32 heavy (non-hydrogen) atoms. The molecular weight excluding hydrogens is 476 g/mol. The van der Waals surface area contributed by atoms with E-state index in [2.05, 4.69) is 21.2 Å². The molecule has 2 aromatic rings. The molecule has 0 spiro atoms. The first-order chi connectivity index (χ1) is 15.3. The van der Waals surface area contributed by atoms with Crippen LogP contribution in [-0.2, 0) is 22.6 Å². The molecule has 0 bridgehead atoms. The summed E-state index contributed by atoms with van der Waals surface area (Å²) in [4.78, 5) is 27.5. The number of likely N-dealkylation sites (tertiary alicyclic amines) is 1. The average Bonchev–Trinajstić information content (AvgIpc) is 3.08. The molecule has 1 saturated heterocycles. The summed E-state index contributed by atoms with van der Waals surface area (Å²) in [6.45, 7) is 2.58. The standard InChI is InChI=1S/C24H29BrN2O5/c1-24(23(29)26-12-10-16-5-7-20(31-3)21(13-16)32-4)11-9-22(28)27(24)15-17-14-18(25)6-8-19(17)30-2/h5-8,13-14H,9-12,15H2,1-4H3,(H,26,29)/t24-/m1/s1. The molecule has 1 aliphatic rings. The molecule has 0 unspecified atom stereocenters. The summed E-state index contributed by atoms with van der Waals surface area (Å²) in [6, 6.07) is 11.3. The van der Waals surface area contributed by atoms with Crippen molar-refractivity contribution in [2.24, 2.45) is 0 Å². The normalized spacial score (nSPS) is 17.9. The van der Waals surface area contributed by atoms with Crippen LogP contribution in [0.5, 0.6) is 17.2 Å². The summed E-state index contributed by atoms with van der Waals surface area (Å²) in [5.74, 6) is 1.81. The van der Waals surface area contributed by atoms with Crippen LogP contribution in [0.3, 0.4) is 0 Å². The number of hydrogen-bond donors (Lipinski definition) is 1. The third-order valence-electron chi connectivity index (χ3n) is 5.93. The Balaban J connectivity index is 1.68. The molecule has 7 nitrogen and oxygen atoms in total. The highest BCUT2D eigenvalue weighted by Gasteiger charge is 2.47. The molecule has 3 rings (SSSR count). The molecule has 1 aliphatic heterocycles. The Morgan fingerprint density at radius 3 is 2.44 bits per heavy atom. The third-order valence-corrected chi connectivity index (χ3v) is 6.42. The lowest BCUT2D eigenvalue weighted by Gasteiger charge is -2.34. The van der Waals surface area contributed by atoms with Crippen LogP contribution in [0.2, 0.25) is 0 Å². The van der Waals surface area contributed by atoms with Crippen LogP contribution >= 0.6 is 15.9 Å². The van der Waals surface area contributed by atoms with Crippen molar-refractivity contribution in [1.82, 2.24) is 10.2 Å². The van der Waals surface area contributed by atoms with Crippen molar-refractivity contribution in [3.8, 4) is 17.2 Å². The second-order valence-corrected chi connectivity index (χ2v) is 8.82. The summed E-state index contributed by atoms with van der Waals surface area (Å²) >= 11 is 3.47. The zero-order valence-corrected chi connectivity index (χ0v) is 20.5. The fourth-order valence-corrected chi connectivity index (χ4v) is 4.39. The summed E-state index contributed by atoms with van der Waals surface area (Å²) < 4.78 is 16.9. The molecular formula is C24H29BrN2O5. The smallest absolute Gasteiger partial charge is 0.245 e. The van der Waals surface area contributed by atoms with Crippen molar-refractivity contribution in [3.05, 3.63) is 52.0 Å². The van der Waals surface area contributed by atoms with E-state index in [0.717, 1.165) is 15.6 Å². The number of methoxy groups -OCH3 is 3. The number of nitrogens with one attached hydrogen (secondary N) is 1. The highest BCUT2D eigenvalue weighted by Crippen LogP contribution is 2.34. The van der Waals surface area contributed by atoms with Crippen LogP contribution in [0.4, 0.5) is 0 Å². The van der Waals surface area contributed by atoms with Crippen LogP contribution in [0.15, 0.2) is 40.9 Å². The van der Waals surface area contributed by atoms with Gasteiger partial charge in [-0.05, 0) is 55.7 Å². The fourth-order valence-electron chi connectivity index (χ4n) is 3.98. The lowest BCUT2D eigenvalue weighted by atomic mass is 9.96. The minimum atomic E-state index is -0.915. The summed E-state index contributed by atoms with van der Waals surface area (Å²) in [7, 11) is 4.78. The number of carbonyl (C=O) groups excluding carboxylic acids is 2. The molecule has 172 valence electrons. The maximum absolute atomic E-state index is 13.2. The number of halogens is 1. The van der Waals surface area contributed by atoms with E-state index in [1.165, 1.54) is 0 Å². The van der Waals surface area contributed by atoms with Gasteiger partial charge in [0.05, 0.1) is 27.9 Å².